The van der Waals surface area contributed by atoms with Crippen LogP contribution < -0.4 is 0 Å². The molecule has 0 fully saturated rings. The third-order valence-electron chi connectivity index (χ3n) is 2.52. The number of benzene rings is 1. The van der Waals surface area contributed by atoms with E-state index in [0.29, 0.717) is 11.4 Å². The van der Waals surface area contributed by atoms with Gasteiger partial charge in [0.25, 0.3) is 0 Å². The number of carboxylic acids is 2. The summed E-state index contributed by atoms with van der Waals surface area (Å²) in [6, 6.07) is 4.24. The molecule has 2 N–H and O–H groups in total. The molecule has 0 unspecified atom stereocenters. The van der Waals surface area contributed by atoms with Gasteiger partial charge in [0.05, 0.1) is 22.0 Å². The molecular weight excluding hydrogens is 274 g/mol. The summed E-state index contributed by atoms with van der Waals surface area (Å²) in [6.45, 7) is 1.53. The number of hydrogen-bond donors (Lipinski definition) is 2. The topological polar surface area (TPSA) is 105 Å². The molecule has 0 aliphatic rings. The normalized spacial score (nSPS) is 10.4. The van der Waals surface area contributed by atoms with Gasteiger partial charge in [-0.2, -0.15) is 0 Å². The molecule has 7 nitrogen and oxygen atoms in total. The molecule has 0 aliphatic carbocycles. The fraction of sp³-hybridized carbons (Fsp3) is 0.0909. The minimum atomic E-state index is -1.20. The maximum Gasteiger partial charge on any atom is 0.358 e. The van der Waals surface area contributed by atoms with Crippen LogP contribution in [0, 0.1) is 6.92 Å². The zero-order valence-electron chi connectivity index (χ0n) is 9.66. The summed E-state index contributed by atoms with van der Waals surface area (Å²) in [6.07, 6.45) is 0. The van der Waals surface area contributed by atoms with E-state index in [0.717, 1.165) is 0 Å². The lowest BCUT2D eigenvalue weighted by Gasteiger charge is -2.05. The van der Waals surface area contributed by atoms with E-state index >= 15 is 0 Å². The van der Waals surface area contributed by atoms with Gasteiger partial charge in [0.2, 0.25) is 0 Å². The maximum absolute atomic E-state index is 11.0. The first-order valence-corrected chi connectivity index (χ1v) is 5.48. The van der Waals surface area contributed by atoms with Crippen molar-refractivity contribution in [2.24, 2.45) is 0 Å². The molecule has 1 heterocycles. The smallest absolute Gasteiger partial charge is 0.358 e. The highest BCUT2D eigenvalue weighted by molar-refractivity contribution is 6.33. The van der Waals surface area contributed by atoms with E-state index in [1.165, 1.54) is 29.8 Å². The average Bonchev–Trinajstić information content (AvgIpc) is 2.71. The van der Waals surface area contributed by atoms with Crippen LogP contribution in [0.15, 0.2) is 18.2 Å². The van der Waals surface area contributed by atoms with Gasteiger partial charge in [-0.25, -0.2) is 14.3 Å². The molecule has 0 saturated carbocycles. The third kappa shape index (κ3) is 2.27. The number of carbonyl (C=O) groups is 2. The summed E-state index contributed by atoms with van der Waals surface area (Å²) in [5.74, 6) is -2.38. The summed E-state index contributed by atoms with van der Waals surface area (Å²) in [5.41, 5.74) is 0.392. The zero-order valence-corrected chi connectivity index (χ0v) is 10.4. The van der Waals surface area contributed by atoms with E-state index in [1.807, 2.05) is 0 Å². The largest absolute Gasteiger partial charge is 0.478 e. The van der Waals surface area contributed by atoms with Crippen molar-refractivity contribution in [1.29, 1.82) is 0 Å². The van der Waals surface area contributed by atoms with Crippen molar-refractivity contribution in [1.82, 2.24) is 15.0 Å². The van der Waals surface area contributed by atoms with E-state index < -0.39 is 11.9 Å². The Morgan fingerprint density at radius 2 is 1.95 bits per heavy atom. The van der Waals surface area contributed by atoms with Crippen LogP contribution in [0.1, 0.15) is 26.5 Å². The number of rotatable bonds is 3. The van der Waals surface area contributed by atoms with Crippen LogP contribution in [0.3, 0.4) is 0 Å². The molecule has 19 heavy (non-hydrogen) atoms. The molecule has 0 bridgehead atoms. The van der Waals surface area contributed by atoms with Crippen molar-refractivity contribution < 1.29 is 19.8 Å². The minimum absolute atomic E-state index is 0.0903. The van der Waals surface area contributed by atoms with Crippen LogP contribution >= 0.6 is 11.6 Å². The van der Waals surface area contributed by atoms with E-state index in [4.69, 9.17) is 21.8 Å². The van der Waals surface area contributed by atoms with Crippen LogP contribution in [0.25, 0.3) is 5.69 Å². The van der Waals surface area contributed by atoms with E-state index in [9.17, 15) is 9.59 Å². The van der Waals surface area contributed by atoms with Gasteiger partial charge in [-0.15, -0.1) is 5.10 Å². The fourth-order valence-electron chi connectivity index (χ4n) is 1.58. The molecule has 0 radical (unpaired) electrons. The standard InChI is InChI=1S/C11H8ClN3O4/c1-5-9(11(18)19)13-14-15(5)6-2-3-8(12)7(4-6)10(16)17/h2-4H,1H3,(H,16,17)(H,18,19). The lowest BCUT2D eigenvalue weighted by atomic mass is 10.2. The number of aromatic nitrogens is 3. The lowest BCUT2D eigenvalue weighted by Crippen LogP contribution is -2.05. The van der Waals surface area contributed by atoms with Crippen LogP contribution in [-0.4, -0.2) is 37.1 Å². The first kappa shape index (κ1) is 13.0. The van der Waals surface area contributed by atoms with Crippen molar-refractivity contribution in [2.75, 3.05) is 0 Å². The predicted molar refractivity (Wildman–Crippen MR) is 65.0 cm³/mol. The zero-order chi connectivity index (χ0) is 14.2. The van der Waals surface area contributed by atoms with Crippen molar-refractivity contribution in [3.63, 3.8) is 0 Å². The molecule has 2 rings (SSSR count). The van der Waals surface area contributed by atoms with Crippen molar-refractivity contribution in [3.8, 4) is 5.69 Å². The van der Waals surface area contributed by atoms with Crippen LogP contribution in [0.2, 0.25) is 5.02 Å². The Bertz CT molecular complexity index is 681. The van der Waals surface area contributed by atoms with Crippen molar-refractivity contribution in [2.45, 2.75) is 6.92 Å². The Morgan fingerprint density at radius 1 is 1.26 bits per heavy atom. The molecule has 0 atom stereocenters. The Morgan fingerprint density at radius 3 is 2.47 bits per heavy atom. The Balaban J connectivity index is 2.57. The summed E-state index contributed by atoms with van der Waals surface area (Å²) >= 11 is 5.75. The minimum Gasteiger partial charge on any atom is -0.478 e. The molecular formula is C11H8ClN3O4. The second-order valence-electron chi connectivity index (χ2n) is 3.71. The maximum atomic E-state index is 11.0. The molecule has 2 aromatic rings. The van der Waals surface area contributed by atoms with Crippen molar-refractivity contribution >= 4 is 23.5 Å². The van der Waals surface area contributed by atoms with Gasteiger partial charge >= 0.3 is 11.9 Å². The van der Waals surface area contributed by atoms with Crippen LogP contribution in [0.5, 0.6) is 0 Å². The van der Waals surface area contributed by atoms with Gasteiger partial charge < -0.3 is 10.2 Å². The highest BCUT2D eigenvalue weighted by Crippen LogP contribution is 2.21. The molecule has 1 aromatic heterocycles. The summed E-state index contributed by atoms with van der Waals surface area (Å²) in [7, 11) is 0. The quantitative estimate of drug-likeness (QED) is 0.886. The first-order valence-electron chi connectivity index (χ1n) is 5.10. The number of halogens is 1. The van der Waals surface area contributed by atoms with Gasteiger partial charge in [0.1, 0.15) is 0 Å². The predicted octanol–water partition coefficient (Wildman–Crippen LogP) is 1.63. The van der Waals surface area contributed by atoms with Gasteiger partial charge in [-0.3, -0.25) is 0 Å². The molecule has 0 aliphatic heterocycles. The lowest BCUT2D eigenvalue weighted by molar-refractivity contribution is 0.0681. The van der Waals surface area contributed by atoms with E-state index in [2.05, 4.69) is 10.3 Å². The summed E-state index contributed by atoms with van der Waals surface area (Å²) in [5, 5.41) is 25.2. The number of nitrogens with zero attached hydrogens (tertiary/aromatic N) is 3. The van der Waals surface area contributed by atoms with Gasteiger partial charge in [0.15, 0.2) is 5.69 Å². The van der Waals surface area contributed by atoms with E-state index in [1.54, 1.807) is 0 Å². The fourth-order valence-corrected chi connectivity index (χ4v) is 1.78. The summed E-state index contributed by atoms with van der Waals surface area (Å²) in [4.78, 5) is 21.8. The molecule has 98 valence electrons. The van der Waals surface area contributed by atoms with Gasteiger partial charge in [-0.05, 0) is 25.1 Å². The second kappa shape index (κ2) is 4.69. The van der Waals surface area contributed by atoms with Gasteiger partial charge in [-0.1, -0.05) is 16.8 Å². The van der Waals surface area contributed by atoms with Crippen LogP contribution in [-0.2, 0) is 0 Å². The van der Waals surface area contributed by atoms with Crippen LogP contribution in [0.4, 0.5) is 0 Å². The molecule has 8 heteroatoms. The second-order valence-corrected chi connectivity index (χ2v) is 4.12. The SMILES string of the molecule is Cc1c(C(=O)O)nnn1-c1ccc(Cl)c(C(=O)O)c1. The number of carboxylic acid groups (broad SMARTS) is 2. The molecule has 0 amide bonds. The molecule has 0 saturated heterocycles. The molecule has 1 aromatic carbocycles. The van der Waals surface area contributed by atoms with Crippen molar-refractivity contribution in [3.05, 3.63) is 40.2 Å². The highest BCUT2D eigenvalue weighted by atomic mass is 35.5. The first-order chi connectivity index (χ1) is 8.91. The molecule has 0 spiro atoms. The number of hydrogen-bond acceptors (Lipinski definition) is 4. The summed E-state index contributed by atoms with van der Waals surface area (Å²) < 4.78 is 1.24. The van der Waals surface area contributed by atoms with E-state index in [-0.39, 0.29) is 16.3 Å². The Labute approximate surface area is 112 Å². The van der Waals surface area contributed by atoms with Gasteiger partial charge in [0, 0.05) is 0 Å². The average molecular weight is 282 g/mol. The monoisotopic (exact) mass is 281 g/mol. The Kier molecular flexibility index (Phi) is 3.22. The highest BCUT2D eigenvalue weighted by Gasteiger charge is 2.17. The third-order valence-corrected chi connectivity index (χ3v) is 2.85. The number of aromatic carboxylic acids is 2. The Hall–Kier alpha value is -2.41.